The predicted molar refractivity (Wildman–Crippen MR) is 116 cm³/mol. The van der Waals surface area contributed by atoms with E-state index < -0.39 is 15.9 Å². The van der Waals surface area contributed by atoms with Crippen LogP contribution in [0, 0.1) is 0 Å². The second kappa shape index (κ2) is 9.13. The zero-order valence-corrected chi connectivity index (χ0v) is 18.8. The zero-order valence-electron chi connectivity index (χ0n) is 15.7. The highest BCUT2D eigenvalue weighted by molar-refractivity contribution is 7.91. The first-order valence-corrected chi connectivity index (χ1v) is 12.0. The Balaban J connectivity index is 1.96. The molecule has 0 saturated carbocycles. The number of rotatable bonds is 6. The van der Waals surface area contributed by atoms with E-state index >= 15 is 0 Å². The van der Waals surface area contributed by atoms with E-state index in [9.17, 15) is 13.2 Å². The van der Waals surface area contributed by atoms with Crippen LogP contribution in [0.25, 0.3) is 0 Å². The van der Waals surface area contributed by atoms with E-state index in [1.165, 1.54) is 12.1 Å². The molecule has 1 heterocycles. The highest BCUT2D eigenvalue weighted by atomic mass is 35.5. The van der Waals surface area contributed by atoms with Gasteiger partial charge in [0, 0.05) is 23.2 Å². The molecule has 0 unspecified atom stereocenters. The molecule has 2 aromatic carbocycles. The van der Waals surface area contributed by atoms with Gasteiger partial charge in [0.05, 0.1) is 28.2 Å². The summed E-state index contributed by atoms with van der Waals surface area (Å²) in [4.78, 5) is 14.9. The Morgan fingerprint density at radius 3 is 2.41 bits per heavy atom. The van der Waals surface area contributed by atoms with Crippen molar-refractivity contribution in [3.8, 4) is 5.75 Å². The van der Waals surface area contributed by atoms with Gasteiger partial charge in [0.1, 0.15) is 0 Å². The number of carbonyl (C=O) groups excluding carboxylic acids is 1. The third kappa shape index (κ3) is 5.37. The summed E-state index contributed by atoms with van der Waals surface area (Å²) in [6.07, 6.45) is 0.382. The molecule has 5 nitrogen and oxygen atoms in total. The molecule has 156 valence electrons. The fourth-order valence-electron chi connectivity index (χ4n) is 3.35. The lowest BCUT2D eigenvalue weighted by atomic mass is 10.1. The molecule has 1 aliphatic rings. The predicted octanol–water partition coefficient (Wildman–Crippen LogP) is 4.88. The molecule has 0 radical (unpaired) electrons. The Hall–Kier alpha value is -1.47. The molecule has 0 aliphatic carbocycles. The maximum absolute atomic E-state index is 13.3. The minimum atomic E-state index is -3.18. The van der Waals surface area contributed by atoms with E-state index in [4.69, 9.17) is 39.5 Å². The summed E-state index contributed by atoms with van der Waals surface area (Å²) in [7, 11) is -3.18. The van der Waals surface area contributed by atoms with Crippen molar-refractivity contribution in [1.82, 2.24) is 4.90 Å². The van der Waals surface area contributed by atoms with Crippen molar-refractivity contribution in [3.63, 3.8) is 0 Å². The van der Waals surface area contributed by atoms with Crippen LogP contribution < -0.4 is 4.74 Å². The molecule has 1 amide bonds. The molecule has 0 spiro atoms. The number of halogens is 3. The molecule has 3 rings (SSSR count). The molecular formula is C20H20Cl3NO4S. The molecular weight excluding hydrogens is 457 g/mol. The largest absolute Gasteiger partial charge is 0.491 e. The van der Waals surface area contributed by atoms with E-state index in [0.29, 0.717) is 23.8 Å². The average Bonchev–Trinajstić information content (AvgIpc) is 3.01. The molecule has 2 aromatic rings. The minimum absolute atomic E-state index is 0.0573. The molecule has 1 atom stereocenters. The minimum Gasteiger partial charge on any atom is -0.491 e. The van der Waals surface area contributed by atoms with Crippen LogP contribution >= 0.6 is 34.8 Å². The van der Waals surface area contributed by atoms with Crippen LogP contribution in [0.5, 0.6) is 5.75 Å². The summed E-state index contributed by atoms with van der Waals surface area (Å²) >= 11 is 18.6. The molecule has 29 heavy (non-hydrogen) atoms. The van der Waals surface area contributed by atoms with Gasteiger partial charge in [-0.25, -0.2) is 8.42 Å². The quantitative estimate of drug-likeness (QED) is 0.596. The Labute approximate surface area is 185 Å². The molecule has 0 bridgehead atoms. The zero-order chi connectivity index (χ0) is 21.2. The lowest BCUT2D eigenvalue weighted by molar-refractivity contribution is 0.0681. The third-order valence-electron chi connectivity index (χ3n) is 4.69. The summed E-state index contributed by atoms with van der Waals surface area (Å²) < 4.78 is 29.5. The van der Waals surface area contributed by atoms with Crippen LogP contribution in [-0.4, -0.2) is 43.4 Å². The van der Waals surface area contributed by atoms with Crippen LogP contribution in [0.4, 0.5) is 0 Å². The maximum atomic E-state index is 13.3. The monoisotopic (exact) mass is 475 g/mol. The highest BCUT2D eigenvalue weighted by Crippen LogP contribution is 2.35. The molecule has 1 aliphatic heterocycles. The van der Waals surface area contributed by atoms with E-state index in [2.05, 4.69) is 0 Å². The molecule has 1 fully saturated rings. The van der Waals surface area contributed by atoms with Crippen LogP contribution in [-0.2, 0) is 16.4 Å². The Morgan fingerprint density at radius 1 is 1.17 bits per heavy atom. The second-order valence-electron chi connectivity index (χ2n) is 6.82. The number of sulfone groups is 1. The topological polar surface area (TPSA) is 63.7 Å². The fraction of sp³-hybridized carbons (Fsp3) is 0.350. The van der Waals surface area contributed by atoms with Crippen molar-refractivity contribution in [2.24, 2.45) is 0 Å². The maximum Gasteiger partial charge on any atom is 0.254 e. The number of hydrogen-bond donors (Lipinski definition) is 0. The Kier molecular flexibility index (Phi) is 6.99. The van der Waals surface area contributed by atoms with Crippen molar-refractivity contribution < 1.29 is 17.9 Å². The SMILES string of the molecule is CCOc1c(Cl)cc(C(=O)N(Cc2cccc(Cl)c2)[C@H]2CCS(=O)(=O)C2)cc1Cl. The van der Waals surface area contributed by atoms with Gasteiger partial charge < -0.3 is 9.64 Å². The summed E-state index contributed by atoms with van der Waals surface area (Å²) in [5.41, 5.74) is 1.08. The number of benzene rings is 2. The van der Waals surface area contributed by atoms with Crippen molar-refractivity contribution in [3.05, 3.63) is 62.6 Å². The van der Waals surface area contributed by atoms with E-state index in [1.807, 2.05) is 6.07 Å². The van der Waals surface area contributed by atoms with Gasteiger partial charge >= 0.3 is 0 Å². The van der Waals surface area contributed by atoms with Crippen molar-refractivity contribution in [2.45, 2.75) is 25.9 Å². The van der Waals surface area contributed by atoms with Gasteiger partial charge in [0.25, 0.3) is 5.91 Å². The van der Waals surface area contributed by atoms with Crippen LogP contribution in [0.1, 0.15) is 29.3 Å². The molecule has 9 heteroatoms. The fourth-order valence-corrected chi connectivity index (χ4v) is 5.89. The first kappa shape index (κ1) is 22.2. The van der Waals surface area contributed by atoms with Crippen LogP contribution in [0.3, 0.4) is 0 Å². The number of nitrogens with zero attached hydrogens (tertiary/aromatic N) is 1. The van der Waals surface area contributed by atoms with Crippen LogP contribution in [0.2, 0.25) is 15.1 Å². The lowest BCUT2D eigenvalue weighted by Crippen LogP contribution is -2.40. The lowest BCUT2D eigenvalue weighted by Gasteiger charge is -2.29. The first-order valence-electron chi connectivity index (χ1n) is 9.08. The van der Waals surface area contributed by atoms with Crippen molar-refractivity contribution >= 4 is 50.5 Å². The highest BCUT2D eigenvalue weighted by Gasteiger charge is 2.35. The third-order valence-corrected chi connectivity index (χ3v) is 7.23. The number of carbonyl (C=O) groups is 1. The van der Waals surface area contributed by atoms with Crippen molar-refractivity contribution in [2.75, 3.05) is 18.1 Å². The number of amides is 1. The van der Waals surface area contributed by atoms with Crippen molar-refractivity contribution in [1.29, 1.82) is 0 Å². The van der Waals surface area contributed by atoms with Gasteiger partial charge in [0.2, 0.25) is 0 Å². The normalized spacial score (nSPS) is 17.9. The first-order chi connectivity index (χ1) is 13.7. The molecule has 1 saturated heterocycles. The van der Waals surface area contributed by atoms with Gasteiger partial charge in [-0.3, -0.25) is 4.79 Å². The van der Waals surface area contributed by atoms with E-state index in [1.54, 1.807) is 30.0 Å². The van der Waals surface area contributed by atoms with Gasteiger partial charge in [-0.1, -0.05) is 46.9 Å². The standard InChI is InChI=1S/C20H20Cl3NO4S/c1-2-28-19-17(22)9-14(10-18(19)23)20(25)24(16-6-7-29(26,27)12-16)11-13-4-3-5-15(21)8-13/h3-5,8-10,16H,2,6-7,11-12H2,1H3/t16-/m0/s1. The van der Waals surface area contributed by atoms with Gasteiger partial charge in [-0.2, -0.15) is 0 Å². The van der Waals surface area contributed by atoms with Gasteiger partial charge in [-0.15, -0.1) is 0 Å². The summed E-state index contributed by atoms with van der Waals surface area (Å²) in [6.45, 7) is 2.41. The van der Waals surface area contributed by atoms with E-state index in [-0.39, 0.29) is 39.6 Å². The van der Waals surface area contributed by atoms with Crippen LogP contribution in [0.15, 0.2) is 36.4 Å². The van der Waals surface area contributed by atoms with Gasteiger partial charge in [-0.05, 0) is 43.2 Å². The second-order valence-corrected chi connectivity index (χ2v) is 10.3. The average molecular weight is 477 g/mol. The summed E-state index contributed by atoms with van der Waals surface area (Å²) in [6, 6.07) is 9.68. The van der Waals surface area contributed by atoms with Gasteiger partial charge in [0.15, 0.2) is 15.6 Å². The smallest absolute Gasteiger partial charge is 0.254 e. The number of ether oxygens (including phenoxy) is 1. The summed E-state index contributed by atoms with van der Waals surface area (Å²) in [5.74, 6) is -0.0457. The Bertz CT molecular complexity index is 1000. The molecule has 0 N–H and O–H groups in total. The molecule has 0 aromatic heterocycles. The summed E-state index contributed by atoms with van der Waals surface area (Å²) in [5, 5.41) is 0.995. The number of hydrogen-bond acceptors (Lipinski definition) is 4. The van der Waals surface area contributed by atoms with E-state index in [0.717, 1.165) is 5.56 Å². The Morgan fingerprint density at radius 2 is 1.86 bits per heavy atom.